The van der Waals surface area contributed by atoms with E-state index in [-0.39, 0.29) is 5.69 Å². The molecule has 0 radical (unpaired) electrons. The van der Waals surface area contributed by atoms with Crippen molar-refractivity contribution >= 4 is 11.8 Å². The number of rotatable bonds is 8. The van der Waals surface area contributed by atoms with Gasteiger partial charge < -0.3 is 9.47 Å². The molecule has 21 heavy (non-hydrogen) atoms. The van der Waals surface area contributed by atoms with Gasteiger partial charge in [-0.25, -0.2) is 9.89 Å². The van der Waals surface area contributed by atoms with Gasteiger partial charge in [-0.15, -0.1) is 5.10 Å². The van der Waals surface area contributed by atoms with Crippen molar-refractivity contribution in [3.05, 3.63) is 34.7 Å². The maximum Gasteiger partial charge on any atom is 0.343 e. The van der Waals surface area contributed by atoms with Crippen LogP contribution in [0.3, 0.4) is 0 Å². The molecule has 0 unspecified atom stereocenters. The second-order valence-electron chi connectivity index (χ2n) is 4.31. The fourth-order valence-electron chi connectivity index (χ4n) is 1.86. The lowest BCUT2D eigenvalue weighted by Gasteiger charge is -2.10. The molecule has 0 spiro atoms. The molecule has 1 N–H and O–H groups in total. The van der Waals surface area contributed by atoms with Crippen LogP contribution in [0.15, 0.2) is 34.2 Å². The van der Waals surface area contributed by atoms with Gasteiger partial charge in [-0.3, -0.25) is 4.57 Å². The number of hydrogen-bond donors (Lipinski definition) is 1. The Balaban J connectivity index is 1.86. The van der Waals surface area contributed by atoms with Crippen LogP contribution in [-0.2, 0) is 6.54 Å². The minimum absolute atomic E-state index is 0.162. The van der Waals surface area contributed by atoms with Crippen molar-refractivity contribution in [2.24, 2.45) is 0 Å². The minimum atomic E-state index is -0.162. The van der Waals surface area contributed by atoms with E-state index in [1.54, 1.807) is 11.7 Å². The first-order valence-corrected chi connectivity index (χ1v) is 7.78. The summed E-state index contributed by atoms with van der Waals surface area (Å²) in [5.74, 6) is 2.13. The van der Waals surface area contributed by atoms with Crippen molar-refractivity contribution in [1.29, 1.82) is 0 Å². The SMILES string of the molecule is CCCn1c(SCCOc2ccccc2OC)n[nH]c1=O. The van der Waals surface area contributed by atoms with Gasteiger partial charge in [0, 0.05) is 12.3 Å². The normalized spacial score (nSPS) is 10.6. The van der Waals surface area contributed by atoms with Crippen molar-refractivity contribution in [3.8, 4) is 11.5 Å². The Hall–Kier alpha value is -1.89. The summed E-state index contributed by atoms with van der Waals surface area (Å²) in [6, 6.07) is 7.52. The number of aromatic nitrogens is 3. The molecule has 0 bridgehead atoms. The zero-order valence-corrected chi connectivity index (χ0v) is 13.0. The number of methoxy groups -OCH3 is 1. The van der Waals surface area contributed by atoms with Gasteiger partial charge in [-0.2, -0.15) is 0 Å². The first-order valence-electron chi connectivity index (χ1n) is 6.80. The monoisotopic (exact) mass is 309 g/mol. The molecule has 0 aliphatic rings. The van der Waals surface area contributed by atoms with Crippen molar-refractivity contribution in [3.63, 3.8) is 0 Å². The quantitative estimate of drug-likeness (QED) is 0.598. The van der Waals surface area contributed by atoms with Gasteiger partial charge in [-0.05, 0) is 18.6 Å². The second kappa shape index (κ2) is 7.78. The highest BCUT2D eigenvalue weighted by molar-refractivity contribution is 7.99. The van der Waals surface area contributed by atoms with Crippen LogP contribution in [-0.4, -0.2) is 34.2 Å². The summed E-state index contributed by atoms with van der Waals surface area (Å²) >= 11 is 1.50. The number of ether oxygens (including phenoxy) is 2. The predicted octanol–water partition coefficient (Wildman–Crippen LogP) is 2.16. The molecule has 7 heteroatoms. The number of aromatic amines is 1. The molecule has 0 atom stereocenters. The molecule has 0 saturated carbocycles. The average molecular weight is 309 g/mol. The van der Waals surface area contributed by atoms with Crippen LogP contribution in [0.25, 0.3) is 0 Å². The van der Waals surface area contributed by atoms with E-state index in [2.05, 4.69) is 10.2 Å². The molecular weight excluding hydrogens is 290 g/mol. The molecule has 0 aliphatic carbocycles. The molecule has 1 aromatic heterocycles. The van der Waals surface area contributed by atoms with E-state index in [0.29, 0.717) is 35.6 Å². The van der Waals surface area contributed by atoms with Crippen molar-refractivity contribution in [2.45, 2.75) is 25.0 Å². The summed E-state index contributed by atoms with van der Waals surface area (Å²) in [5.41, 5.74) is -0.162. The van der Waals surface area contributed by atoms with Crippen LogP contribution in [0.2, 0.25) is 0 Å². The zero-order chi connectivity index (χ0) is 15.1. The smallest absolute Gasteiger partial charge is 0.343 e. The number of para-hydroxylation sites is 2. The van der Waals surface area contributed by atoms with E-state index in [9.17, 15) is 4.79 Å². The number of nitrogens with zero attached hydrogens (tertiary/aromatic N) is 2. The molecule has 1 heterocycles. The summed E-state index contributed by atoms with van der Waals surface area (Å²) in [6.07, 6.45) is 0.894. The van der Waals surface area contributed by atoms with Crippen molar-refractivity contribution < 1.29 is 9.47 Å². The third-order valence-electron chi connectivity index (χ3n) is 2.81. The minimum Gasteiger partial charge on any atom is -0.493 e. The molecular formula is C14H19N3O3S. The number of H-pyrrole nitrogens is 1. The summed E-state index contributed by atoms with van der Waals surface area (Å²) in [6.45, 7) is 3.21. The van der Waals surface area contributed by atoms with Gasteiger partial charge in [0.2, 0.25) is 0 Å². The number of benzene rings is 1. The Labute approximate surface area is 127 Å². The lowest BCUT2D eigenvalue weighted by molar-refractivity contribution is 0.313. The summed E-state index contributed by atoms with van der Waals surface area (Å²) in [4.78, 5) is 11.6. The fourth-order valence-corrected chi connectivity index (χ4v) is 2.65. The van der Waals surface area contributed by atoms with Crippen molar-refractivity contribution in [2.75, 3.05) is 19.5 Å². The Morgan fingerprint density at radius 3 is 2.81 bits per heavy atom. The van der Waals surface area contributed by atoms with Gasteiger partial charge in [0.05, 0.1) is 13.7 Å². The van der Waals surface area contributed by atoms with Crippen LogP contribution in [0.5, 0.6) is 11.5 Å². The molecule has 0 aliphatic heterocycles. The maximum absolute atomic E-state index is 11.6. The number of hydrogen-bond acceptors (Lipinski definition) is 5. The highest BCUT2D eigenvalue weighted by Gasteiger charge is 2.08. The topological polar surface area (TPSA) is 69.1 Å². The summed E-state index contributed by atoms with van der Waals surface area (Å²) in [7, 11) is 1.62. The molecule has 114 valence electrons. The van der Waals surface area contributed by atoms with Crippen LogP contribution in [0.4, 0.5) is 0 Å². The van der Waals surface area contributed by atoms with Crippen LogP contribution < -0.4 is 15.2 Å². The van der Waals surface area contributed by atoms with E-state index in [4.69, 9.17) is 9.47 Å². The van der Waals surface area contributed by atoms with E-state index >= 15 is 0 Å². The van der Waals surface area contributed by atoms with Crippen LogP contribution >= 0.6 is 11.8 Å². The molecule has 0 amide bonds. The molecule has 0 fully saturated rings. The highest BCUT2D eigenvalue weighted by Crippen LogP contribution is 2.26. The van der Waals surface area contributed by atoms with E-state index in [0.717, 1.165) is 6.42 Å². The molecule has 6 nitrogen and oxygen atoms in total. The van der Waals surface area contributed by atoms with Crippen molar-refractivity contribution in [1.82, 2.24) is 14.8 Å². The van der Waals surface area contributed by atoms with Gasteiger partial charge in [-0.1, -0.05) is 30.8 Å². The Bertz CT molecular complexity index is 624. The van der Waals surface area contributed by atoms with Gasteiger partial charge in [0.15, 0.2) is 16.7 Å². The van der Waals surface area contributed by atoms with Gasteiger partial charge in [0.25, 0.3) is 0 Å². The Morgan fingerprint density at radius 2 is 2.10 bits per heavy atom. The number of nitrogens with one attached hydrogen (secondary N) is 1. The fraction of sp³-hybridized carbons (Fsp3) is 0.429. The average Bonchev–Trinajstić information content (AvgIpc) is 2.85. The first kappa shape index (κ1) is 15.5. The van der Waals surface area contributed by atoms with Gasteiger partial charge >= 0.3 is 5.69 Å². The molecule has 1 aromatic carbocycles. The molecule has 0 saturated heterocycles. The standard InChI is InChI=1S/C14H19N3O3S/c1-3-8-17-13(18)15-16-14(17)21-10-9-20-12-7-5-4-6-11(12)19-2/h4-7H,3,8-10H2,1-2H3,(H,15,18). The lowest BCUT2D eigenvalue weighted by Crippen LogP contribution is -2.17. The Morgan fingerprint density at radius 1 is 1.33 bits per heavy atom. The second-order valence-corrected chi connectivity index (χ2v) is 5.37. The summed E-state index contributed by atoms with van der Waals surface area (Å²) in [5, 5.41) is 7.19. The van der Waals surface area contributed by atoms with Crippen LogP contribution in [0.1, 0.15) is 13.3 Å². The summed E-state index contributed by atoms with van der Waals surface area (Å²) < 4.78 is 12.6. The third kappa shape index (κ3) is 4.04. The van der Waals surface area contributed by atoms with Gasteiger partial charge in [0.1, 0.15) is 0 Å². The number of thioether (sulfide) groups is 1. The predicted molar refractivity (Wildman–Crippen MR) is 82.4 cm³/mol. The lowest BCUT2D eigenvalue weighted by atomic mass is 10.3. The highest BCUT2D eigenvalue weighted by atomic mass is 32.2. The first-order chi connectivity index (χ1) is 10.3. The van der Waals surface area contributed by atoms with Crippen LogP contribution in [0, 0.1) is 0 Å². The maximum atomic E-state index is 11.6. The largest absolute Gasteiger partial charge is 0.493 e. The van der Waals surface area contributed by atoms with E-state index < -0.39 is 0 Å². The van der Waals surface area contributed by atoms with E-state index in [1.165, 1.54) is 11.8 Å². The molecule has 2 rings (SSSR count). The zero-order valence-electron chi connectivity index (χ0n) is 12.2. The van der Waals surface area contributed by atoms with E-state index in [1.807, 2.05) is 31.2 Å². The molecule has 2 aromatic rings. The third-order valence-corrected chi connectivity index (χ3v) is 3.75. The Kier molecular flexibility index (Phi) is 5.74.